The molecule has 3 rings (SSSR count). The summed E-state index contributed by atoms with van der Waals surface area (Å²) in [5.74, 6) is 0.327. The lowest BCUT2D eigenvalue weighted by Gasteiger charge is -2.08. The van der Waals surface area contributed by atoms with E-state index in [2.05, 4.69) is 5.10 Å². The van der Waals surface area contributed by atoms with Crippen LogP contribution in [0.1, 0.15) is 11.4 Å². The second-order valence-electron chi connectivity index (χ2n) is 5.15. The van der Waals surface area contributed by atoms with E-state index in [0.717, 1.165) is 11.0 Å². The van der Waals surface area contributed by atoms with E-state index < -0.39 is 11.9 Å². The summed E-state index contributed by atoms with van der Waals surface area (Å²) in [5.41, 5.74) is 0.0374. The Kier molecular flexibility index (Phi) is 5.32. The van der Waals surface area contributed by atoms with Gasteiger partial charge in [0, 0.05) is 20.7 Å². The summed E-state index contributed by atoms with van der Waals surface area (Å²) < 4.78 is 40.4. The van der Waals surface area contributed by atoms with Gasteiger partial charge in [-0.25, -0.2) is 4.68 Å². The fraction of sp³-hybridized carbons (Fsp3) is 0.118. The topological polar surface area (TPSA) is 17.8 Å². The maximum atomic E-state index is 13.1. The first-order chi connectivity index (χ1) is 11.8. The summed E-state index contributed by atoms with van der Waals surface area (Å²) in [6.45, 7) is 0. The van der Waals surface area contributed by atoms with Gasteiger partial charge in [0.2, 0.25) is 0 Å². The van der Waals surface area contributed by atoms with Gasteiger partial charge in [0.1, 0.15) is 0 Å². The molecule has 0 amide bonds. The standard InChI is InChI=1S/C17H11Cl2F3N2S/c18-11-1-5-13(6-2-11)24-14(9-16(23-24)17(20,21)22)10-25-15-7-3-12(19)4-8-15/h1-9H,10H2. The van der Waals surface area contributed by atoms with E-state index in [4.69, 9.17) is 23.2 Å². The van der Waals surface area contributed by atoms with Crippen molar-refractivity contribution in [3.8, 4) is 5.69 Å². The Hall–Kier alpha value is -1.63. The summed E-state index contributed by atoms with van der Waals surface area (Å²) in [4.78, 5) is 0.904. The van der Waals surface area contributed by atoms with Crippen molar-refractivity contribution in [1.29, 1.82) is 0 Å². The molecule has 25 heavy (non-hydrogen) atoms. The number of alkyl halides is 3. The Bertz CT molecular complexity index is 859. The zero-order valence-electron chi connectivity index (χ0n) is 12.6. The summed E-state index contributed by atoms with van der Waals surface area (Å²) in [6.07, 6.45) is -4.50. The first-order valence-corrected chi connectivity index (χ1v) is 8.87. The van der Waals surface area contributed by atoms with Crippen LogP contribution in [0.3, 0.4) is 0 Å². The quantitative estimate of drug-likeness (QED) is 0.464. The van der Waals surface area contributed by atoms with E-state index >= 15 is 0 Å². The van der Waals surface area contributed by atoms with Gasteiger partial charge < -0.3 is 0 Å². The Morgan fingerprint density at radius 2 is 1.48 bits per heavy atom. The van der Waals surface area contributed by atoms with Gasteiger partial charge in [-0.05, 0) is 54.6 Å². The second-order valence-corrected chi connectivity index (χ2v) is 7.07. The van der Waals surface area contributed by atoms with E-state index in [-0.39, 0.29) is 0 Å². The number of thioether (sulfide) groups is 1. The first-order valence-electron chi connectivity index (χ1n) is 7.13. The van der Waals surface area contributed by atoms with Gasteiger partial charge in [0.15, 0.2) is 5.69 Å². The number of rotatable bonds is 4. The predicted octanol–water partition coefficient (Wildman–Crippen LogP) is 6.49. The lowest BCUT2D eigenvalue weighted by molar-refractivity contribution is -0.141. The number of hydrogen-bond donors (Lipinski definition) is 0. The smallest absolute Gasteiger partial charge is 0.236 e. The molecule has 0 atom stereocenters. The van der Waals surface area contributed by atoms with Crippen molar-refractivity contribution < 1.29 is 13.2 Å². The number of aromatic nitrogens is 2. The van der Waals surface area contributed by atoms with E-state index in [1.807, 2.05) is 12.1 Å². The average molecular weight is 403 g/mol. The molecule has 0 spiro atoms. The van der Waals surface area contributed by atoms with Gasteiger partial charge in [-0.2, -0.15) is 18.3 Å². The second kappa shape index (κ2) is 7.32. The van der Waals surface area contributed by atoms with E-state index in [1.54, 1.807) is 36.4 Å². The Balaban J connectivity index is 1.91. The van der Waals surface area contributed by atoms with Crippen molar-refractivity contribution in [1.82, 2.24) is 9.78 Å². The van der Waals surface area contributed by atoms with Crippen LogP contribution in [0.5, 0.6) is 0 Å². The van der Waals surface area contributed by atoms with Crippen LogP contribution in [0, 0.1) is 0 Å². The maximum absolute atomic E-state index is 13.1. The van der Waals surface area contributed by atoms with Gasteiger partial charge >= 0.3 is 6.18 Å². The summed E-state index contributed by atoms with van der Waals surface area (Å²) in [5, 5.41) is 4.83. The van der Waals surface area contributed by atoms with Crippen molar-refractivity contribution >= 4 is 35.0 Å². The third-order valence-corrected chi connectivity index (χ3v) is 4.89. The largest absolute Gasteiger partial charge is 0.435 e. The molecule has 0 radical (unpaired) electrons. The van der Waals surface area contributed by atoms with E-state index in [0.29, 0.717) is 27.2 Å². The maximum Gasteiger partial charge on any atom is 0.435 e. The van der Waals surface area contributed by atoms with Gasteiger partial charge in [0.25, 0.3) is 0 Å². The van der Waals surface area contributed by atoms with Gasteiger partial charge in [0.05, 0.1) is 11.4 Å². The average Bonchev–Trinajstić information content (AvgIpc) is 2.99. The molecular formula is C17H11Cl2F3N2S. The molecule has 0 aliphatic carbocycles. The zero-order chi connectivity index (χ0) is 18.0. The molecule has 2 aromatic carbocycles. The predicted molar refractivity (Wildman–Crippen MR) is 94.6 cm³/mol. The van der Waals surface area contributed by atoms with Crippen LogP contribution in [-0.4, -0.2) is 9.78 Å². The molecule has 0 aliphatic heterocycles. The van der Waals surface area contributed by atoms with Crippen LogP contribution in [-0.2, 0) is 11.9 Å². The zero-order valence-corrected chi connectivity index (χ0v) is 14.9. The number of halogens is 5. The summed E-state index contributed by atoms with van der Waals surface area (Å²) >= 11 is 13.1. The fourth-order valence-electron chi connectivity index (χ4n) is 2.16. The molecule has 0 bridgehead atoms. The van der Waals surface area contributed by atoms with Gasteiger partial charge in [-0.3, -0.25) is 0 Å². The van der Waals surface area contributed by atoms with Gasteiger partial charge in [-0.1, -0.05) is 23.2 Å². The molecule has 0 saturated carbocycles. The molecule has 0 unspecified atom stereocenters. The molecule has 3 aromatic rings. The minimum absolute atomic E-state index is 0.327. The number of benzene rings is 2. The molecular weight excluding hydrogens is 392 g/mol. The molecule has 1 aromatic heterocycles. The van der Waals surface area contributed by atoms with Crippen molar-refractivity contribution in [2.75, 3.05) is 0 Å². The Labute approximate surface area is 156 Å². The molecule has 2 nitrogen and oxygen atoms in total. The van der Waals surface area contributed by atoms with Crippen LogP contribution in [0.2, 0.25) is 10.0 Å². The van der Waals surface area contributed by atoms with Crippen LogP contribution in [0.15, 0.2) is 59.5 Å². The van der Waals surface area contributed by atoms with E-state index in [9.17, 15) is 13.2 Å². The first kappa shape index (κ1) is 18.2. The molecule has 0 aliphatic rings. The van der Waals surface area contributed by atoms with Crippen LogP contribution in [0.25, 0.3) is 5.69 Å². The van der Waals surface area contributed by atoms with Crippen molar-refractivity contribution in [3.63, 3.8) is 0 Å². The third-order valence-electron chi connectivity index (χ3n) is 3.35. The van der Waals surface area contributed by atoms with Crippen LogP contribution < -0.4 is 0 Å². The lowest BCUT2D eigenvalue weighted by Crippen LogP contribution is -2.07. The molecule has 0 fully saturated rings. The van der Waals surface area contributed by atoms with Crippen LogP contribution in [0.4, 0.5) is 13.2 Å². The van der Waals surface area contributed by atoms with E-state index in [1.165, 1.54) is 16.4 Å². The normalized spacial score (nSPS) is 11.7. The Morgan fingerprint density at radius 1 is 0.920 bits per heavy atom. The monoisotopic (exact) mass is 402 g/mol. The lowest BCUT2D eigenvalue weighted by atomic mass is 10.3. The fourth-order valence-corrected chi connectivity index (χ4v) is 3.26. The number of nitrogens with zero attached hydrogens (tertiary/aromatic N) is 2. The molecule has 1 heterocycles. The highest BCUT2D eigenvalue weighted by Gasteiger charge is 2.35. The molecule has 130 valence electrons. The summed E-state index contributed by atoms with van der Waals surface area (Å²) in [6, 6.07) is 14.7. The SMILES string of the molecule is FC(F)(F)c1cc(CSc2ccc(Cl)cc2)n(-c2ccc(Cl)cc2)n1. The van der Waals surface area contributed by atoms with Crippen LogP contribution >= 0.6 is 35.0 Å². The third kappa shape index (κ3) is 4.51. The highest BCUT2D eigenvalue weighted by atomic mass is 35.5. The molecule has 8 heteroatoms. The van der Waals surface area contributed by atoms with Crippen molar-refractivity contribution in [3.05, 3.63) is 76.0 Å². The minimum Gasteiger partial charge on any atom is -0.236 e. The van der Waals surface area contributed by atoms with Gasteiger partial charge in [-0.15, -0.1) is 11.8 Å². The molecule has 0 N–H and O–H groups in total. The highest BCUT2D eigenvalue weighted by molar-refractivity contribution is 7.98. The minimum atomic E-state index is -4.50. The summed E-state index contributed by atoms with van der Waals surface area (Å²) in [7, 11) is 0. The Morgan fingerprint density at radius 3 is 2.04 bits per heavy atom. The van der Waals surface area contributed by atoms with Crippen molar-refractivity contribution in [2.24, 2.45) is 0 Å². The number of hydrogen-bond acceptors (Lipinski definition) is 2. The van der Waals surface area contributed by atoms with Crippen molar-refractivity contribution in [2.45, 2.75) is 16.8 Å². The highest BCUT2D eigenvalue weighted by Crippen LogP contribution is 2.32. The molecule has 0 saturated heterocycles.